The van der Waals surface area contributed by atoms with Gasteiger partial charge in [0.25, 0.3) is 0 Å². The zero-order valence-electron chi connectivity index (χ0n) is 12.0. The summed E-state index contributed by atoms with van der Waals surface area (Å²) in [6, 6.07) is 12.3. The van der Waals surface area contributed by atoms with Crippen molar-refractivity contribution in [2.45, 2.75) is 19.9 Å². The molecule has 0 radical (unpaired) electrons. The molecule has 3 nitrogen and oxygen atoms in total. The number of thiazole rings is 1. The molecule has 2 heterocycles. The molecule has 0 fully saturated rings. The molecule has 0 aliphatic rings. The van der Waals surface area contributed by atoms with Gasteiger partial charge in [0.1, 0.15) is 5.76 Å². The zero-order valence-corrected chi connectivity index (χ0v) is 12.8. The topological polar surface area (TPSA) is 38.1 Å². The number of nitrogens with one attached hydrogen (secondary N) is 1. The number of nitrogens with zero attached hydrogens (tertiary/aromatic N) is 1. The lowest BCUT2D eigenvalue weighted by Crippen LogP contribution is -2.12. The lowest BCUT2D eigenvalue weighted by atomic mass is 10.1. The van der Waals surface area contributed by atoms with E-state index in [9.17, 15) is 0 Å². The van der Waals surface area contributed by atoms with Crippen LogP contribution in [-0.4, -0.2) is 11.5 Å². The van der Waals surface area contributed by atoms with Crippen molar-refractivity contribution in [2.24, 2.45) is 0 Å². The second-order valence-electron chi connectivity index (χ2n) is 4.82. The van der Waals surface area contributed by atoms with Gasteiger partial charge in [-0.3, -0.25) is 0 Å². The summed E-state index contributed by atoms with van der Waals surface area (Å²) in [4.78, 5) is 4.73. The standard InChI is InChI=1S/C17H18N2OS/c1-2-18-11-16-14(8-9-20-16)10-17-19-15(12-21-17)13-6-4-3-5-7-13/h3-9,12,18H,2,10-11H2,1H3. The van der Waals surface area contributed by atoms with E-state index < -0.39 is 0 Å². The molecule has 3 rings (SSSR count). The lowest BCUT2D eigenvalue weighted by molar-refractivity contribution is 0.483. The van der Waals surface area contributed by atoms with Gasteiger partial charge in [-0.25, -0.2) is 4.98 Å². The molecule has 0 atom stereocenters. The molecule has 0 unspecified atom stereocenters. The maximum absolute atomic E-state index is 5.54. The van der Waals surface area contributed by atoms with Gasteiger partial charge in [-0.1, -0.05) is 37.3 Å². The maximum atomic E-state index is 5.54. The highest BCUT2D eigenvalue weighted by atomic mass is 32.1. The van der Waals surface area contributed by atoms with Gasteiger partial charge in [0.05, 0.1) is 23.5 Å². The van der Waals surface area contributed by atoms with Gasteiger partial charge in [0.2, 0.25) is 0 Å². The summed E-state index contributed by atoms with van der Waals surface area (Å²) in [5.41, 5.74) is 3.43. The first kappa shape index (κ1) is 14.0. The molecule has 0 aliphatic heterocycles. The van der Waals surface area contributed by atoms with Gasteiger partial charge in [-0.2, -0.15) is 0 Å². The predicted octanol–water partition coefficient (Wildman–Crippen LogP) is 4.10. The fraction of sp³-hybridized carbons (Fsp3) is 0.235. The minimum atomic E-state index is 0.774. The third-order valence-corrected chi connectivity index (χ3v) is 4.19. The van der Waals surface area contributed by atoms with Crippen LogP contribution in [0.15, 0.2) is 52.5 Å². The van der Waals surface area contributed by atoms with Crippen molar-refractivity contribution in [3.05, 3.63) is 64.4 Å². The van der Waals surface area contributed by atoms with Gasteiger partial charge >= 0.3 is 0 Å². The van der Waals surface area contributed by atoms with Crippen LogP contribution in [0.5, 0.6) is 0 Å². The molecule has 0 aliphatic carbocycles. The zero-order chi connectivity index (χ0) is 14.5. The molecule has 0 amide bonds. The third kappa shape index (κ3) is 3.40. The van der Waals surface area contributed by atoms with Crippen LogP contribution < -0.4 is 5.32 Å². The molecule has 0 saturated carbocycles. The van der Waals surface area contributed by atoms with E-state index in [0.29, 0.717) is 0 Å². The fourth-order valence-corrected chi connectivity index (χ4v) is 3.04. The van der Waals surface area contributed by atoms with Gasteiger partial charge < -0.3 is 9.73 Å². The third-order valence-electron chi connectivity index (χ3n) is 3.34. The summed E-state index contributed by atoms with van der Waals surface area (Å²) >= 11 is 1.70. The predicted molar refractivity (Wildman–Crippen MR) is 86.4 cm³/mol. The maximum Gasteiger partial charge on any atom is 0.121 e. The van der Waals surface area contributed by atoms with E-state index >= 15 is 0 Å². The summed E-state index contributed by atoms with van der Waals surface area (Å²) < 4.78 is 5.54. The molecular weight excluding hydrogens is 280 g/mol. The number of benzene rings is 1. The Balaban J connectivity index is 1.74. The molecule has 0 bridgehead atoms. The van der Waals surface area contributed by atoms with E-state index in [4.69, 9.17) is 9.40 Å². The summed E-state index contributed by atoms with van der Waals surface area (Å²) in [5.74, 6) is 1.01. The first-order chi connectivity index (χ1) is 10.4. The van der Waals surface area contributed by atoms with E-state index in [1.54, 1.807) is 17.6 Å². The Bertz CT molecular complexity index is 688. The van der Waals surface area contributed by atoms with Crippen molar-refractivity contribution in [1.29, 1.82) is 0 Å². The average Bonchev–Trinajstić information content (AvgIpc) is 3.16. The fourth-order valence-electron chi connectivity index (χ4n) is 2.21. The summed E-state index contributed by atoms with van der Waals surface area (Å²) in [6.45, 7) is 3.81. The second kappa shape index (κ2) is 6.70. The van der Waals surface area contributed by atoms with Crippen molar-refractivity contribution < 1.29 is 4.42 Å². The summed E-state index contributed by atoms with van der Waals surface area (Å²) in [6.07, 6.45) is 2.59. The van der Waals surface area contributed by atoms with Crippen molar-refractivity contribution >= 4 is 11.3 Å². The van der Waals surface area contributed by atoms with Crippen LogP contribution in [0.4, 0.5) is 0 Å². The largest absolute Gasteiger partial charge is 0.468 e. The number of aromatic nitrogens is 1. The van der Waals surface area contributed by atoms with Crippen LogP contribution in [0.2, 0.25) is 0 Å². The Morgan fingerprint density at radius 3 is 2.86 bits per heavy atom. The SMILES string of the molecule is CCNCc1occc1Cc1nc(-c2ccccc2)cs1. The Kier molecular flexibility index (Phi) is 4.48. The smallest absolute Gasteiger partial charge is 0.121 e. The van der Waals surface area contributed by atoms with Crippen LogP contribution in [0.3, 0.4) is 0 Å². The molecule has 21 heavy (non-hydrogen) atoms. The average molecular weight is 298 g/mol. The van der Waals surface area contributed by atoms with Crippen molar-refractivity contribution in [3.63, 3.8) is 0 Å². The van der Waals surface area contributed by atoms with E-state index in [2.05, 4.69) is 29.8 Å². The molecule has 1 N–H and O–H groups in total. The van der Waals surface area contributed by atoms with Crippen LogP contribution in [0.25, 0.3) is 11.3 Å². The van der Waals surface area contributed by atoms with Gasteiger partial charge in [-0.05, 0) is 12.6 Å². The van der Waals surface area contributed by atoms with E-state index in [0.717, 1.165) is 36.0 Å². The molecule has 0 spiro atoms. The molecule has 4 heteroatoms. The molecule has 2 aromatic heterocycles. The van der Waals surface area contributed by atoms with E-state index in [1.165, 1.54) is 11.1 Å². The first-order valence-corrected chi connectivity index (χ1v) is 8.00. The minimum absolute atomic E-state index is 0.774. The Labute approximate surface area is 128 Å². The van der Waals surface area contributed by atoms with Crippen molar-refractivity contribution in [2.75, 3.05) is 6.54 Å². The van der Waals surface area contributed by atoms with Gasteiger partial charge in [0, 0.05) is 22.9 Å². The number of furan rings is 1. The number of rotatable bonds is 6. The van der Waals surface area contributed by atoms with E-state index in [-0.39, 0.29) is 0 Å². The van der Waals surface area contributed by atoms with Crippen molar-refractivity contribution in [1.82, 2.24) is 10.3 Å². The molecular formula is C17H18N2OS. The second-order valence-corrected chi connectivity index (χ2v) is 5.76. The van der Waals surface area contributed by atoms with Gasteiger partial charge in [-0.15, -0.1) is 11.3 Å². The normalized spacial score (nSPS) is 10.9. The highest BCUT2D eigenvalue weighted by Crippen LogP contribution is 2.24. The Hall–Kier alpha value is -1.91. The monoisotopic (exact) mass is 298 g/mol. The van der Waals surface area contributed by atoms with Gasteiger partial charge in [0.15, 0.2) is 0 Å². The molecule has 0 saturated heterocycles. The highest BCUT2D eigenvalue weighted by molar-refractivity contribution is 7.10. The lowest BCUT2D eigenvalue weighted by Gasteiger charge is -2.01. The summed E-state index contributed by atoms with van der Waals surface area (Å²) in [5, 5.41) is 6.54. The quantitative estimate of drug-likeness (QED) is 0.744. The number of hydrogen-bond acceptors (Lipinski definition) is 4. The Morgan fingerprint density at radius 2 is 2.05 bits per heavy atom. The first-order valence-electron chi connectivity index (χ1n) is 7.12. The molecule has 1 aromatic carbocycles. The van der Waals surface area contributed by atoms with Crippen LogP contribution in [-0.2, 0) is 13.0 Å². The van der Waals surface area contributed by atoms with Crippen LogP contribution in [0, 0.1) is 0 Å². The van der Waals surface area contributed by atoms with E-state index in [1.807, 2.05) is 24.3 Å². The minimum Gasteiger partial charge on any atom is -0.468 e. The highest BCUT2D eigenvalue weighted by Gasteiger charge is 2.10. The number of hydrogen-bond donors (Lipinski definition) is 1. The Morgan fingerprint density at radius 1 is 1.19 bits per heavy atom. The van der Waals surface area contributed by atoms with Crippen LogP contribution >= 0.6 is 11.3 Å². The van der Waals surface area contributed by atoms with Crippen molar-refractivity contribution in [3.8, 4) is 11.3 Å². The summed E-state index contributed by atoms with van der Waals surface area (Å²) in [7, 11) is 0. The molecule has 3 aromatic rings. The molecule has 108 valence electrons. The van der Waals surface area contributed by atoms with Crippen LogP contribution in [0.1, 0.15) is 23.3 Å².